The van der Waals surface area contributed by atoms with E-state index in [1.807, 2.05) is 18.2 Å². The topological polar surface area (TPSA) is 80.8 Å². The van der Waals surface area contributed by atoms with E-state index in [1.165, 1.54) is 11.8 Å². The van der Waals surface area contributed by atoms with Gasteiger partial charge in [-0.2, -0.15) is 4.98 Å². The van der Waals surface area contributed by atoms with E-state index < -0.39 is 0 Å². The van der Waals surface area contributed by atoms with Gasteiger partial charge in [0.2, 0.25) is 5.16 Å². The first-order chi connectivity index (χ1) is 9.79. The minimum absolute atomic E-state index is 0.212. The summed E-state index contributed by atoms with van der Waals surface area (Å²) >= 11 is 1.25. The molecule has 0 spiro atoms. The van der Waals surface area contributed by atoms with Crippen molar-refractivity contribution in [2.45, 2.75) is 24.9 Å². The van der Waals surface area contributed by atoms with Crippen molar-refractivity contribution in [2.24, 2.45) is 0 Å². The van der Waals surface area contributed by atoms with E-state index in [1.54, 1.807) is 6.20 Å². The van der Waals surface area contributed by atoms with Gasteiger partial charge in [0.1, 0.15) is 5.69 Å². The molecule has 2 aromatic heterocycles. The van der Waals surface area contributed by atoms with Crippen LogP contribution in [0.15, 0.2) is 29.6 Å². The molecule has 2 heterocycles. The molecule has 0 aliphatic rings. The zero-order valence-corrected chi connectivity index (χ0v) is 12.0. The van der Waals surface area contributed by atoms with Crippen LogP contribution in [-0.4, -0.2) is 38.5 Å². The molecular formula is C13H16N4O2S. The van der Waals surface area contributed by atoms with Gasteiger partial charge in [0.25, 0.3) is 0 Å². The first-order valence-electron chi connectivity index (χ1n) is 6.42. The van der Waals surface area contributed by atoms with Crippen LogP contribution in [0.5, 0.6) is 0 Å². The Labute approximate surface area is 121 Å². The van der Waals surface area contributed by atoms with Crippen LogP contribution in [0, 0.1) is 0 Å². The normalized spacial score (nSPS) is 10.4. The monoisotopic (exact) mass is 292 g/mol. The van der Waals surface area contributed by atoms with Crippen LogP contribution in [0.1, 0.15) is 19.8 Å². The number of thioether (sulfide) groups is 1. The number of unbranched alkanes of at least 4 members (excludes halogenated alkanes) is 1. The molecule has 0 bridgehead atoms. The smallest absolute Gasteiger partial charge is 0.316 e. The average Bonchev–Trinajstić information content (AvgIpc) is 2.95. The van der Waals surface area contributed by atoms with Crippen molar-refractivity contribution in [3.8, 4) is 11.5 Å². The number of ether oxygens (including phenoxy) is 1. The lowest BCUT2D eigenvalue weighted by atomic mass is 10.3. The van der Waals surface area contributed by atoms with Gasteiger partial charge in [-0.05, 0) is 18.6 Å². The predicted octanol–water partition coefficient (Wildman–Crippen LogP) is 2.30. The van der Waals surface area contributed by atoms with Crippen molar-refractivity contribution >= 4 is 17.7 Å². The standard InChI is InChI=1S/C13H16N4O2S/c1-2-3-8-19-11(18)9-20-13-15-12(16-17-13)10-6-4-5-7-14-10/h4-7H,2-3,8-9H2,1H3,(H,15,16,17). The van der Waals surface area contributed by atoms with Crippen LogP contribution in [-0.2, 0) is 9.53 Å². The van der Waals surface area contributed by atoms with E-state index in [2.05, 4.69) is 27.1 Å². The molecule has 0 atom stereocenters. The third-order valence-electron chi connectivity index (χ3n) is 2.45. The molecule has 0 aromatic carbocycles. The molecule has 1 N–H and O–H groups in total. The SMILES string of the molecule is CCCCOC(=O)CSc1n[nH]c(-c2ccccn2)n1. The number of aromatic amines is 1. The Morgan fingerprint density at radius 3 is 3.10 bits per heavy atom. The fourth-order valence-electron chi connectivity index (χ4n) is 1.42. The quantitative estimate of drug-likeness (QED) is 0.479. The molecule has 106 valence electrons. The highest BCUT2D eigenvalue weighted by Gasteiger charge is 2.09. The van der Waals surface area contributed by atoms with Gasteiger partial charge in [0, 0.05) is 6.20 Å². The van der Waals surface area contributed by atoms with E-state index in [0.717, 1.165) is 18.5 Å². The van der Waals surface area contributed by atoms with Gasteiger partial charge in [0.05, 0.1) is 12.4 Å². The summed E-state index contributed by atoms with van der Waals surface area (Å²) in [6.07, 6.45) is 3.59. The summed E-state index contributed by atoms with van der Waals surface area (Å²) in [4.78, 5) is 19.9. The second-order valence-corrected chi connectivity index (χ2v) is 4.99. The highest BCUT2D eigenvalue weighted by molar-refractivity contribution is 7.99. The number of H-pyrrole nitrogens is 1. The molecule has 20 heavy (non-hydrogen) atoms. The summed E-state index contributed by atoms with van der Waals surface area (Å²) < 4.78 is 5.06. The minimum atomic E-state index is -0.243. The Balaban J connectivity index is 1.83. The van der Waals surface area contributed by atoms with Gasteiger partial charge in [-0.15, -0.1) is 5.10 Å². The first-order valence-corrected chi connectivity index (χ1v) is 7.40. The highest BCUT2D eigenvalue weighted by Crippen LogP contribution is 2.17. The maximum atomic E-state index is 11.4. The number of esters is 1. The molecule has 0 aliphatic heterocycles. The number of pyridine rings is 1. The van der Waals surface area contributed by atoms with Crippen molar-refractivity contribution in [1.29, 1.82) is 0 Å². The number of hydrogen-bond acceptors (Lipinski definition) is 6. The predicted molar refractivity (Wildman–Crippen MR) is 76.2 cm³/mol. The number of nitrogens with one attached hydrogen (secondary N) is 1. The molecule has 2 aromatic rings. The zero-order valence-electron chi connectivity index (χ0n) is 11.2. The van der Waals surface area contributed by atoms with Gasteiger partial charge in [-0.25, -0.2) is 0 Å². The van der Waals surface area contributed by atoms with Gasteiger partial charge < -0.3 is 4.74 Å². The molecule has 0 aliphatic carbocycles. The first kappa shape index (κ1) is 14.5. The zero-order chi connectivity index (χ0) is 14.2. The summed E-state index contributed by atoms with van der Waals surface area (Å²) in [7, 11) is 0. The second kappa shape index (κ2) is 7.64. The van der Waals surface area contributed by atoms with E-state index in [4.69, 9.17) is 4.74 Å². The Morgan fingerprint density at radius 2 is 2.35 bits per heavy atom. The van der Waals surface area contributed by atoms with Crippen molar-refractivity contribution in [1.82, 2.24) is 20.2 Å². The van der Waals surface area contributed by atoms with E-state index in [0.29, 0.717) is 17.6 Å². The third kappa shape index (κ3) is 4.34. The van der Waals surface area contributed by atoms with E-state index in [-0.39, 0.29) is 11.7 Å². The lowest BCUT2D eigenvalue weighted by Gasteiger charge is -2.01. The third-order valence-corrected chi connectivity index (χ3v) is 3.27. The van der Waals surface area contributed by atoms with Crippen LogP contribution in [0.25, 0.3) is 11.5 Å². The number of carbonyl (C=O) groups is 1. The van der Waals surface area contributed by atoms with Crippen LogP contribution < -0.4 is 0 Å². The Morgan fingerprint density at radius 1 is 1.45 bits per heavy atom. The fraction of sp³-hybridized carbons (Fsp3) is 0.385. The van der Waals surface area contributed by atoms with Crippen molar-refractivity contribution < 1.29 is 9.53 Å². The summed E-state index contributed by atoms with van der Waals surface area (Å²) in [5.41, 5.74) is 0.720. The Bertz CT molecular complexity index is 544. The van der Waals surface area contributed by atoms with Crippen LogP contribution >= 0.6 is 11.8 Å². The number of nitrogens with zero attached hydrogens (tertiary/aromatic N) is 3. The molecule has 0 saturated carbocycles. The summed E-state index contributed by atoms with van der Waals surface area (Å²) in [6.45, 7) is 2.53. The molecule has 7 heteroatoms. The number of hydrogen-bond donors (Lipinski definition) is 1. The molecule has 6 nitrogen and oxygen atoms in total. The highest BCUT2D eigenvalue weighted by atomic mass is 32.2. The lowest BCUT2D eigenvalue weighted by Crippen LogP contribution is -2.08. The molecule has 2 rings (SSSR count). The average molecular weight is 292 g/mol. The Kier molecular flexibility index (Phi) is 5.55. The molecule has 0 unspecified atom stereocenters. The minimum Gasteiger partial charge on any atom is -0.465 e. The van der Waals surface area contributed by atoms with Gasteiger partial charge in [-0.3, -0.25) is 14.9 Å². The van der Waals surface area contributed by atoms with Gasteiger partial charge in [0.15, 0.2) is 5.82 Å². The fourth-order valence-corrected chi connectivity index (χ4v) is 2.02. The number of aromatic nitrogens is 4. The number of rotatable bonds is 7. The summed E-state index contributed by atoms with van der Waals surface area (Å²) in [5.74, 6) is 0.559. The summed E-state index contributed by atoms with van der Waals surface area (Å²) in [6, 6.07) is 5.55. The van der Waals surface area contributed by atoms with Crippen LogP contribution in [0.4, 0.5) is 0 Å². The molecule has 0 fully saturated rings. The van der Waals surface area contributed by atoms with E-state index >= 15 is 0 Å². The van der Waals surface area contributed by atoms with Crippen molar-refractivity contribution in [3.63, 3.8) is 0 Å². The molecule has 0 amide bonds. The van der Waals surface area contributed by atoms with E-state index in [9.17, 15) is 4.79 Å². The Hall–Kier alpha value is -1.89. The van der Waals surface area contributed by atoms with Crippen LogP contribution in [0.3, 0.4) is 0 Å². The van der Waals surface area contributed by atoms with Crippen LogP contribution in [0.2, 0.25) is 0 Å². The largest absolute Gasteiger partial charge is 0.465 e. The molecular weight excluding hydrogens is 276 g/mol. The van der Waals surface area contributed by atoms with Crippen molar-refractivity contribution in [2.75, 3.05) is 12.4 Å². The molecule has 0 saturated heterocycles. The second-order valence-electron chi connectivity index (χ2n) is 4.04. The number of carbonyl (C=O) groups excluding carboxylic acids is 1. The molecule has 0 radical (unpaired) electrons. The van der Waals surface area contributed by atoms with Gasteiger partial charge >= 0.3 is 5.97 Å². The van der Waals surface area contributed by atoms with Crippen molar-refractivity contribution in [3.05, 3.63) is 24.4 Å². The maximum absolute atomic E-state index is 11.4. The lowest BCUT2D eigenvalue weighted by molar-refractivity contribution is -0.140. The van der Waals surface area contributed by atoms with Gasteiger partial charge in [-0.1, -0.05) is 31.2 Å². The maximum Gasteiger partial charge on any atom is 0.316 e. The summed E-state index contributed by atoms with van der Waals surface area (Å²) in [5, 5.41) is 7.35.